The monoisotopic (exact) mass is 150 g/mol. The van der Waals surface area contributed by atoms with E-state index in [2.05, 4.69) is 11.0 Å². The molecule has 0 amide bonds. The second-order valence-electron chi connectivity index (χ2n) is 3.76. The molecule has 1 atom stereocenters. The number of nitrogens with zero attached hydrogens (tertiary/aromatic N) is 2. The van der Waals surface area contributed by atoms with E-state index in [4.69, 9.17) is 5.26 Å². The molecule has 11 heavy (non-hydrogen) atoms. The summed E-state index contributed by atoms with van der Waals surface area (Å²) < 4.78 is 0. The number of rotatable bonds is 1. The lowest BCUT2D eigenvalue weighted by atomic mass is 9.78. The quantitative estimate of drug-likeness (QED) is 0.562. The molecule has 2 bridgehead atoms. The van der Waals surface area contributed by atoms with Gasteiger partial charge in [-0.05, 0) is 37.8 Å². The highest BCUT2D eigenvalue weighted by Gasteiger charge is 2.33. The average molecular weight is 150 g/mol. The number of fused-ring (bicyclic) bond motifs is 3. The first-order valence-electron chi connectivity index (χ1n) is 4.49. The first-order chi connectivity index (χ1) is 5.40. The molecule has 0 aliphatic carbocycles. The van der Waals surface area contributed by atoms with E-state index in [1.54, 1.807) is 0 Å². The van der Waals surface area contributed by atoms with Crippen LogP contribution in [0.5, 0.6) is 0 Å². The molecule has 0 spiro atoms. The number of hydrogen-bond donors (Lipinski definition) is 0. The molecular weight excluding hydrogens is 136 g/mol. The maximum atomic E-state index is 8.58. The van der Waals surface area contributed by atoms with E-state index in [9.17, 15) is 0 Å². The molecule has 0 N–H and O–H groups in total. The predicted molar refractivity (Wildman–Crippen MR) is 42.9 cm³/mol. The van der Waals surface area contributed by atoms with Crippen LogP contribution in [0.1, 0.15) is 19.3 Å². The van der Waals surface area contributed by atoms with Gasteiger partial charge < -0.3 is 4.90 Å². The van der Waals surface area contributed by atoms with E-state index < -0.39 is 0 Å². The summed E-state index contributed by atoms with van der Waals surface area (Å²) in [6, 6.07) is 2.30. The Balaban J connectivity index is 1.98. The fraction of sp³-hybridized carbons (Fsp3) is 0.889. The minimum Gasteiger partial charge on any atom is -0.303 e. The summed E-state index contributed by atoms with van der Waals surface area (Å²) in [5, 5.41) is 8.58. The SMILES string of the molecule is N#CC[C@H]1CN2CCC1CC2. The molecule has 0 unspecified atom stereocenters. The van der Waals surface area contributed by atoms with Crippen LogP contribution in [0.4, 0.5) is 0 Å². The van der Waals surface area contributed by atoms with Crippen LogP contribution in [0.2, 0.25) is 0 Å². The average Bonchev–Trinajstić information content (AvgIpc) is 2.07. The third-order valence-electron chi connectivity index (χ3n) is 3.15. The van der Waals surface area contributed by atoms with Crippen molar-refractivity contribution in [1.82, 2.24) is 4.90 Å². The largest absolute Gasteiger partial charge is 0.303 e. The molecule has 3 saturated heterocycles. The second kappa shape index (κ2) is 2.83. The van der Waals surface area contributed by atoms with Gasteiger partial charge in [-0.2, -0.15) is 5.26 Å². The highest BCUT2D eigenvalue weighted by Crippen LogP contribution is 2.33. The highest BCUT2D eigenvalue weighted by atomic mass is 15.1. The van der Waals surface area contributed by atoms with Crippen LogP contribution >= 0.6 is 0 Å². The normalized spacial score (nSPS) is 41.9. The molecule has 3 aliphatic rings. The van der Waals surface area contributed by atoms with Gasteiger partial charge in [0.25, 0.3) is 0 Å². The maximum Gasteiger partial charge on any atom is 0.0625 e. The smallest absolute Gasteiger partial charge is 0.0625 e. The molecule has 2 heteroatoms. The molecule has 2 nitrogen and oxygen atoms in total. The van der Waals surface area contributed by atoms with E-state index in [0.717, 1.165) is 12.3 Å². The molecule has 0 saturated carbocycles. The van der Waals surface area contributed by atoms with E-state index >= 15 is 0 Å². The predicted octanol–water partition coefficient (Wildman–Crippen LogP) is 1.24. The molecule has 3 aliphatic heterocycles. The third kappa shape index (κ3) is 1.25. The van der Waals surface area contributed by atoms with Crippen LogP contribution in [-0.4, -0.2) is 24.5 Å². The van der Waals surface area contributed by atoms with E-state index in [0.29, 0.717) is 5.92 Å². The second-order valence-corrected chi connectivity index (χ2v) is 3.76. The Hall–Kier alpha value is -0.550. The topological polar surface area (TPSA) is 27.0 Å². The summed E-state index contributed by atoms with van der Waals surface area (Å²) in [7, 11) is 0. The Kier molecular flexibility index (Phi) is 1.83. The van der Waals surface area contributed by atoms with Crippen molar-refractivity contribution in [2.45, 2.75) is 19.3 Å². The molecule has 0 aromatic heterocycles. The summed E-state index contributed by atoms with van der Waals surface area (Å²) in [5.74, 6) is 1.57. The maximum absolute atomic E-state index is 8.58. The zero-order chi connectivity index (χ0) is 7.68. The van der Waals surface area contributed by atoms with Crippen LogP contribution in [0.3, 0.4) is 0 Å². The molecule has 0 aromatic carbocycles. The Morgan fingerprint density at radius 1 is 1.36 bits per heavy atom. The van der Waals surface area contributed by atoms with Crippen molar-refractivity contribution in [3.05, 3.63) is 0 Å². The van der Waals surface area contributed by atoms with Gasteiger partial charge in [-0.1, -0.05) is 0 Å². The van der Waals surface area contributed by atoms with Crippen molar-refractivity contribution >= 4 is 0 Å². The van der Waals surface area contributed by atoms with Crippen molar-refractivity contribution in [3.8, 4) is 6.07 Å². The zero-order valence-electron chi connectivity index (χ0n) is 6.79. The van der Waals surface area contributed by atoms with Crippen molar-refractivity contribution in [3.63, 3.8) is 0 Å². The lowest BCUT2D eigenvalue weighted by Crippen LogP contribution is -2.47. The van der Waals surface area contributed by atoms with Gasteiger partial charge in [0.1, 0.15) is 0 Å². The minimum absolute atomic E-state index is 0.697. The van der Waals surface area contributed by atoms with Gasteiger partial charge >= 0.3 is 0 Å². The van der Waals surface area contributed by atoms with Crippen molar-refractivity contribution < 1.29 is 0 Å². The summed E-state index contributed by atoms with van der Waals surface area (Å²) in [4.78, 5) is 2.50. The first kappa shape index (κ1) is 7.12. The van der Waals surface area contributed by atoms with Crippen LogP contribution in [-0.2, 0) is 0 Å². The summed E-state index contributed by atoms with van der Waals surface area (Å²) >= 11 is 0. The Labute approximate surface area is 67.8 Å². The molecule has 3 fully saturated rings. The molecule has 0 radical (unpaired) electrons. The van der Waals surface area contributed by atoms with Crippen molar-refractivity contribution in [2.75, 3.05) is 19.6 Å². The molecule has 0 aromatic rings. The standard InChI is InChI=1S/C9H14N2/c10-4-1-9-7-11-5-2-8(9)3-6-11/h8-9H,1-3,5-7H2/t9-/m0/s1. The van der Waals surface area contributed by atoms with E-state index in [-0.39, 0.29) is 0 Å². The third-order valence-corrected chi connectivity index (χ3v) is 3.15. The molecular formula is C9H14N2. The van der Waals surface area contributed by atoms with E-state index in [1.165, 1.54) is 32.5 Å². The summed E-state index contributed by atoms with van der Waals surface area (Å²) in [5.41, 5.74) is 0. The molecule has 60 valence electrons. The minimum atomic E-state index is 0.697. The fourth-order valence-corrected chi connectivity index (χ4v) is 2.44. The van der Waals surface area contributed by atoms with Gasteiger partial charge in [0, 0.05) is 13.0 Å². The Bertz CT molecular complexity index is 174. The van der Waals surface area contributed by atoms with E-state index in [1.807, 2.05) is 0 Å². The van der Waals surface area contributed by atoms with Crippen molar-refractivity contribution in [2.24, 2.45) is 11.8 Å². The summed E-state index contributed by atoms with van der Waals surface area (Å²) in [6.07, 6.45) is 3.46. The lowest BCUT2D eigenvalue weighted by molar-refractivity contribution is 0.0534. The van der Waals surface area contributed by atoms with Gasteiger partial charge in [-0.15, -0.1) is 0 Å². The van der Waals surface area contributed by atoms with Crippen LogP contribution in [0.25, 0.3) is 0 Å². The Morgan fingerprint density at radius 2 is 2.09 bits per heavy atom. The number of piperidine rings is 3. The van der Waals surface area contributed by atoms with Crippen LogP contribution < -0.4 is 0 Å². The van der Waals surface area contributed by atoms with Crippen LogP contribution in [0.15, 0.2) is 0 Å². The lowest BCUT2D eigenvalue weighted by Gasteiger charge is -2.44. The van der Waals surface area contributed by atoms with Gasteiger partial charge in [0.2, 0.25) is 0 Å². The highest BCUT2D eigenvalue weighted by molar-refractivity contribution is 4.90. The number of hydrogen-bond acceptors (Lipinski definition) is 2. The van der Waals surface area contributed by atoms with Crippen molar-refractivity contribution in [1.29, 1.82) is 5.26 Å². The Morgan fingerprint density at radius 3 is 2.55 bits per heavy atom. The fourth-order valence-electron chi connectivity index (χ4n) is 2.44. The zero-order valence-corrected chi connectivity index (χ0v) is 6.79. The van der Waals surface area contributed by atoms with Gasteiger partial charge in [0.15, 0.2) is 0 Å². The number of nitriles is 1. The van der Waals surface area contributed by atoms with Gasteiger partial charge in [-0.25, -0.2) is 0 Å². The molecule has 3 rings (SSSR count). The van der Waals surface area contributed by atoms with Gasteiger partial charge in [-0.3, -0.25) is 0 Å². The van der Waals surface area contributed by atoms with Gasteiger partial charge in [0.05, 0.1) is 6.07 Å². The summed E-state index contributed by atoms with van der Waals surface area (Å²) in [6.45, 7) is 3.76. The first-order valence-corrected chi connectivity index (χ1v) is 4.49. The molecule has 3 heterocycles. The van der Waals surface area contributed by atoms with Crippen LogP contribution in [0, 0.1) is 23.2 Å².